The van der Waals surface area contributed by atoms with Crippen molar-refractivity contribution >= 4 is 21.8 Å². The molecule has 0 bridgehead atoms. The van der Waals surface area contributed by atoms with Gasteiger partial charge in [-0.1, -0.05) is 22.0 Å². The molecule has 4 heteroatoms. The lowest BCUT2D eigenvalue weighted by molar-refractivity contribution is 0.0741. The molecule has 2 rings (SSSR count). The molecule has 0 aromatic heterocycles. The van der Waals surface area contributed by atoms with E-state index in [4.69, 9.17) is 5.73 Å². The van der Waals surface area contributed by atoms with Gasteiger partial charge in [0.15, 0.2) is 0 Å². The van der Waals surface area contributed by atoms with Gasteiger partial charge in [0, 0.05) is 29.2 Å². The molecule has 0 spiro atoms. The lowest BCUT2D eigenvalue weighted by Gasteiger charge is -2.23. The van der Waals surface area contributed by atoms with E-state index in [9.17, 15) is 4.79 Å². The predicted molar refractivity (Wildman–Crippen MR) is 67.3 cm³/mol. The Morgan fingerprint density at radius 3 is 3.06 bits per heavy atom. The number of nitrogens with two attached hydrogens (primary N) is 1. The van der Waals surface area contributed by atoms with Crippen LogP contribution in [0.15, 0.2) is 28.7 Å². The number of carbonyl (C=O) groups is 1. The predicted octanol–water partition coefficient (Wildman–Crippen LogP) is 2.01. The van der Waals surface area contributed by atoms with Crippen molar-refractivity contribution in [2.75, 3.05) is 13.1 Å². The second-order valence-corrected chi connectivity index (χ2v) is 4.96. The highest BCUT2D eigenvalue weighted by Crippen LogP contribution is 2.20. The van der Waals surface area contributed by atoms with Gasteiger partial charge in [0.25, 0.3) is 5.91 Å². The van der Waals surface area contributed by atoms with Crippen LogP contribution in [0.1, 0.15) is 23.2 Å². The van der Waals surface area contributed by atoms with E-state index in [2.05, 4.69) is 15.9 Å². The molecular formula is C12H15BrN2O. The molecule has 1 fully saturated rings. The molecule has 86 valence electrons. The Bertz CT molecular complexity index is 394. The van der Waals surface area contributed by atoms with Gasteiger partial charge < -0.3 is 10.6 Å². The van der Waals surface area contributed by atoms with E-state index >= 15 is 0 Å². The molecular weight excluding hydrogens is 268 g/mol. The van der Waals surface area contributed by atoms with Crippen LogP contribution in [-0.2, 0) is 0 Å². The van der Waals surface area contributed by atoms with E-state index in [1.807, 2.05) is 29.2 Å². The van der Waals surface area contributed by atoms with Crippen molar-refractivity contribution in [3.05, 3.63) is 34.3 Å². The molecule has 0 unspecified atom stereocenters. The van der Waals surface area contributed by atoms with Crippen LogP contribution in [0.2, 0.25) is 0 Å². The number of hydrogen-bond donors (Lipinski definition) is 1. The highest BCUT2D eigenvalue weighted by Gasteiger charge is 2.28. The molecule has 0 saturated carbocycles. The lowest BCUT2D eigenvalue weighted by Crippen LogP contribution is -2.39. The largest absolute Gasteiger partial charge is 0.334 e. The fraction of sp³-hybridized carbons (Fsp3) is 0.417. The van der Waals surface area contributed by atoms with Crippen LogP contribution in [-0.4, -0.2) is 29.9 Å². The summed E-state index contributed by atoms with van der Waals surface area (Å²) >= 11 is 3.38. The Hall–Kier alpha value is -0.870. The third kappa shape index (κ3) is 2.28. The number of amides is 1. The first-order valence-electron chi connectivity index (χ1n) is 5.49. The van der Waals surface area contributed by atoms with Crippen LogP contribution in [0, 0.1) is 0 Å². The van der Waals surface area contributed by atoms with E-state index in [0.29, 0.717) is 6.54 Å². The Balaban J connectivity index is 2.18. The SMILES string of the molecule is NC[C@@H]1CCCN1C(=O)c1cccc(Br)c1. The van der Waals surface area contributed by atoms with Crippen LogP contribution in [0.5, 0.6) is 0 Å². The van der Waals surface area contributed by atoms with Crippen LogP contribution in [0.4, 0.5) is 0 Å². The summed E-state index contributed by atoms with van der Waals surface area (Å²) in [6, 6.07) is 7.71. The van der Waals surface area contributed by atoms with Gasteiger partial charge in [-0.2, -0.15) is 0 Å². The maximum Gasteiger partial charge on any atom is 0.254 e. The summed E-state index contributed by atoms with van der Waals surface area (Å²) in [7, 11) is 0. The molecule has 0 radical (unpaired) electrons. The zero-order chi connectivity index (χ0) is 11.5. The number of halogens is 1. The van der Waals surface area contributed by atoms with Crippen LogP contribution < -0.4 is 5.73 Å². The maximum absolute atomic E-state index is 12.2. The van der Waals surface area contributed by atoms with E-state index in [1.165, 1.54) is 0 Å². The topological polar surface area (TPSA) is 46.3 Å². The monoisotopic (exact) mass is 282 g/mol. The van der Waals surface area contributed by atoms with Crippen LogP contribution in [0.3, 0.4) is 0 Å². The first-order chi connectivity index (χ1) is 7.72. The second-order valence-electron chi connectivity index (χ2n) is 4.04. The Morgan fingerprint density at radius 1 is 1.56 bits per heavy atom. The molecule has 1 aromatic carbocycles. The third-order valence-electron chi connectivity index (χ3n) is 2.98. The maximum atomic E-state index is 12.2. The first-order valence-corrected chi connectivity index (χ1v) is 6.28. The summed E-state index contributed by atoms with van der Waals surface area (Å²) in [6.07, 6.45) is 2.08. The third-order valence-corrected chi connectivity index (χ3v) is 3.47. The minimum atomic E-state index is 0.0919. The molecule has 16 heavy (non-hydrogen) atoms. The van der Waals surface area contributed by atoms with E-state index < -0.39 is 0 Å². The number of carbonyl (C=O) groups excluding carboxylic acids is 1. The number of benzene rings is 1. The van der Waals surface area contributed by atoms with Gasteiger partial charge in [-0.3, -0.25) is 4.79 Å². The average molecular weight is 283 g/mol. The standard InChI is InChI=1S/C12H15BrN2O/c13-10-4-1-3-9(7-10)12(16)15-6-2-5-11(15)8-14/h1,3-4,7,11H,2,5-6,8,14H2/t11-/m0/s1. The van der Waals surface area contributed by atoms with Gasteiger partial charge in [0.05, 0.1) is 0 Å². The fourth-order valence-electron chi connectivity index (χ4n) is 2.14. The molecule has 1 aliphatic heterocycles. The molecule has 3 nitrogen and oxygen atoms in total. The van der Waals surface area contributed by atoms with Crippen molar-refractivity contribution in [1.82, 2.24) is 4.90 Å². The summed E-state index contributed by atoms with van der Waals surface area (Å²) in [5.74, 6) is 0.0919. The highest BCUT2D eigenvalue weighted by molar-refractivity contribution is 9.10. The normalized spacial score (nSPS) is 20.1. The lowest BCUT2D eigenvalue weighted by atomic mass is 10.1. The second kappa shape index (κ2) is 4.97. The van der Waals surface area contributed by atoms with Crippen molar-refractivity contribution in [2.24, 2.45) is 5.73 Å². The number of likely N-dealkylation sites (tertiary alicyclic amines) is 1. The summed E-state index contributed by atoms with van der Waals surface area (Å²) in [6.45, 7) is 1.38. The van der Waals surface area contributed by atoms with Crippen molar-refractivity contribution in [1.29, 1.82) is 0 Å². The smallest absolute Gasteiger partial charge is 0.254 e. The minimum absolute atomic E-state index is 0.0919. The van der Waals surface area contributed by atoms with Crippen LogP contribution >= 0.6 is 15.9 Å². The van der Waals surface area contributed by atoms with Gasteiger partial charge in [-0.15, -0.1) is 0 Å². The molecule has 1 aromatic rings. The summed E-state index contributed by atoms with van der Waals surface area (Å²) < 4.78 is 0.932. The molecule has 1 amide bonds. The Kier molecular flexibility index (Phi) is 3.61. The van der Waals surface area contributed by atoms with Gasteiger partial charge in [0.2, 0.25) is 0 Å². The Morgan fingerprint density at radius 2 is 2.38 bits per heavy atom. The molecule has 1 saturated heterocycles. The van der Waals surface area contributed by atoms with E-state index in [1.54, 1.807) is 0 Å². The summed E-state index contributed by atoms with van der Waals surface area (Å²) in [5, 5.41) is 0. The zero-order valence-electron chi connectivity index (χ0n) is 9.03. The van der Waals surface area contributed by atoms with E-state index in [-0.39, 0.29) is 11.9 Å². The number of rotatable bonds is 2. The zero-order valence-corrected chi connectivity index (χ0v) is 10.6. The van der Waals surface area contributed by atoms with Gasteiger partial charge in [-0.25, -0.2) is 0 Å². The Labute approximate surface area is 104 Å². The van der Waals surface area contributed by atoms with Crippen molar-refractivity contribution in [3.63, 3.8) is 0 Å². The minimum Gasteiger partial charge on any atom is -0.334 e. The molecule has 2 N–H and O–H groups in total. The molecule has 1 aliphatic rings. The van der Waals surface area contributed by atoms with Gasteiger partial charge in [0.1, 0.15) is 0 Å². The molecule has 0 aliphatic carbocycles. The van der Waals surface area contributed by atoms with Crippen molar-refractivity contribution in [2.45, 2.75) is 18.9 Å². The fourth-order valence-corrected chi connectivity index (χ4v) is 2.53. The number of nitrogens with zero attached hydrogens (tertiary/aromatic N) is 1. The highest BCUT2D eigenvalue weighted by atomic mass is 79.9. The first kappa shape index (κ1) is 11.6. The number of hydrogen-bond acceptors (Lipinski definition) is 2. The van der Waals surface area contributed by atoms with Crippen LogP contribution in [0.25, 0.3) is 0 Å². The molecule has 1 atom stereocenters. The summed E-state index contributed by atoms with van der Waals surface area (Å²) in [4.78, 5) is 14.1. The molecule has 1 heterocycles. The van der Waals surface area contributed by atoms with Gasteiger partial charge >= 0.3 is 0 Å². The van der Waals surface area contributed by atoms with E-state index in [0.717, 1.165) is 29.4 Å². The average Bonchev–Trinajstić information content (AvgIpc) is 2.76. The van der Waals surface area contributed by atoms with Crippen molar-refractivity contribution in [3.8, 4) is 0 Å². The van der Waals surface area contributed by atoms with Gasteiger partial charge in [-0.05, 0) is 31.0 Å². The summed E-state index contributed by atoms with van der Waals surface area (Å²) in [5.41, 5.74) is 6.40. The van der Waals surface area contributed by atoms with Crippen molar-refractivity contribution < 1.29 is 4.79 Å². The quantitative estimate of drug-likeness (QED) is 0.902.